The highest BCUT2D eigenvalue weighted by Crippen LogP contribution is 2.13. The van der Waals surface area contributed by atoms with Crippen LogP contribution in [0.1, 0.15) is 73.6 Å². The molecule has 0 heterocycles. The molecule has 0 atom stereocenters. The van der Waals surface area contributed by atoms with Gasteiger partial charge in [-0.25, -0.2) is 0 Å². The molecule has 0 aromatic carbocycles. The summed E-state index contributed by atoms with van der Waals surface area (Å²) in [6.45, 7) is 13.4. The van der Waals surface area contributed by atoms with Gasteiger partial charge in [-0.3, -0.25) is 0 Å². The molecule has 0 heteroatoms. The van der Waals surface area contributed by atoms with Crippen LogP contribution in [0.25, 0.3) is 0 Å². The Morgan fingerprint density at radius 2 is 1.28 bits per heavy atom. The first-order chi connectivity index (χ1) is 8.41. The minimum atomic E-state index is 0.779. The smallest absolute Gasteiger partial charge is 0.0288 e. The zero-order valence-electron chi connectivity index (χ0n) is 13.3. The van der Waals surface area contributed by atoms with Crippen molar-refractivity contribution >= 4 is 0 Å². The summed E-state index contributed by atoms with van der Waals surface area (Å²) in [5.74, 6) is 0.779. The Morgan fingerprint density at radius 3 is 1.78 bits per heavy atom. The van der Waals surface area contributed by atoms with Gasteiger partial charge in [0.15, 0.2) is 0 Å². The average Bonchev–Trinajstić information content (AvgIpc) is 2.25. The van der Waals surface area contributed by atoms with Crippen molar-refractivity contribution in [1.82, 2.24) is 0 Å². The molecule has 0 N–H and O–H groups in total. The zero-order valence-corrected chi connectivity index (χ0v) is 13.3. The molecular formula is C18H32. The fourth-order valence-electron chi connectivity index (χ4n) is 1.78. The topological polar surface area (TPSA) is 0 Å². The van der Waals surface area contributed by atoms with Crippen LogP contribution < -0.4 is 0 Å². The van der Waals surface area contributed by atoms with Crippen LogP contribution in [0.15, 0.2) is 34.9 Å². The van der Waals surface area contributed by atoms with Crippen LogP contribution in [0.5, 0.6) is 0 Å². The van der Waals surface area contributed by atoms with Gasteiger partial charge in [-0.2, -0.15) is 0 Å². The van der Waals surface area contributed by atoms with Crippen molar-refractivity contribution in [1.29, 1.82) is 0 Å². The predicted molar refractivity (Wildman–Crippen MR) is 84.9 cm³/mol. The molecule has 18 heavy (non-hydrogen) atoms. The number of hydrogen-bond acceptors (Lipinski definition) is 0. The molecule has 0 aromatic heterocycles. The van der Waals surface area contributed by atoms with E-state index < -0.39 is 0 Å². The third-order valence-corrected chi connectivity index (χ3v) is 3.06. The van der Waals surface area contributed by atoms with E-state index in [9.17, 15) is 0 Å². The van der Waals surface area contributed by atoms with Crippen LogP contribution in [0.4, 0.5) is 0 Å². The van der Waals surface area contributed by atoms with Crippen LogP contribution in [-0.4, -0.2) is 0 Å². The lowest BCUT2D eigenvalue weighted by Gasteiger charge is -2.03. The van der Waals surface area contributed by atoms with Gasteiger partial charge in [0.1, 0.15) is 0 Å². The Balaban J connectivity index is 3.86. The first kappa shape index (κ1) is 17.2. The lowest BCUT2D eigenvalue weighted by molar-refractivity contribution is 0.659. The molecule has 0 unspecified atom stereocenters. The molecule has 0 saturated carbocycles. The Hall–Kier alpha value is -0.780. The second kappa shape index (κ2) is 10.2. The van der Waals surface area contributed by atoms with Crippen LogP contribution >= 0.6 is 0 Å². The van der Waals surface area contributed by atoms with E-state index in [1.54, 1.807) is 0 Å². The van der Waals surface area contributed by atoms with E-state index >= 15 is 0 Å². The normalized spacial score (nSPS) is 13.1. The molecule has 0 bridgehead atoms. The van der Waals surface area contributed by atoms with E-state index in [1.165, 1.54) is 48.8 Å². The van der Waals surface area contributed by atoms with Gasteiger partial charge in [-0.05, 0) is 65.7 Å². The molecule has 0 aliphatic carbocycles. The maximum atomic E-state index is 2.41. The van der Waals surface area contributed by atoms with Crippen molar-refractivity contribution in [2.24, 2.45) is 5.92 Å². The minimum absolute atomic E-state index is 0.779. The highest BCUT2D eigenvalue weighted by atomic mass is 14.0. The summed E-state index contributed by atoms with van der Waals surface area (Å²) >= 11 is 0. The maximum Gasteiger partial charge on any atom is -0.0288 e. The second-order valence-corrected chi connectivity index (χ2v) is 6.09. The quantitative estimate of drug-likeness (QED) is 0.433. The summed E-state index contributed by atoms with van der Waals surface area (Å²) in [6.07, 6.45) is 13.2. The summed E-state index contributed by atoms with van der Waals surface area (Å²) in [7, 11) is 0. The van der Waals surface area contributed by atoms with Crippen molar-refractivity contribution in [2.75, 3.05) is 0 Å². The molecule has 0 aliphatic rings. The van der Waals surface area contributed by atoms with Gasteiger partial charge in [-0.1, -0.05) is 48.8 Å². The molecule has 0 saturated heterocycles. The van der Waals surface area contributed by atoms with Crippen molar-refractivity contribution < 1.29 is 0 Å². The van der Waals surface area contributed by atoms with Gasteiger partial charge < -0.3 is 0 Å². The maximum absolute atomic E-state index is 2.41. The second-order valence-electron chi connectivity index (χ2n) is 6.09. The fraction of sp³-hybridized carbons (Fsp3) is 0.667. The number of rotatable bonds is 8. The van der Waals surface area contributed by atoms with Crippen molar-refractivity contribution in [3.8, 4) is 0 Å². The Morgan fingerprint density at radius 1 is 0.778 bits per heavy atom. The number of allylic oxidation sites excluding steroid dienone is 6. The summed E-state index contributed by atoms with van der Waals surface area (Å²) in [5.41, 5.74) is 4.50. The van der Waals surface area contributed by atoms with Gasteiger partial charge in [0, 0.05) is 0 Å². The van der Waals surface area contributed by atoms with Crippen LogP contribution in [0, 0.1) is 5.92 Å². The van der Waals surface area contributed by atoms with Crippen molar-refractivity contribution in [3.63, 3.8) is 0 Å². The van der Waals surface area contributed by atoms with Crippen molar-refractivity contribution in [2.45, 2.75) is 73.6 Å². The molecule has 0 aromatic rings. The molecule has 0 fully saturated rings. The summed E-state index contributed by atoms with van der Waals surface area (Å²) in [4.78, 5) is 0. The molecule has 0 amide bonds. The highest BCUT2D eigenvalue weighted by Gasteiger charge is 1.93. The summed E-state index contributed by atoms with van der Waals surface area (Å²) in [6, 6.07) is 0. The summed E-state index contributed by atoms with van der Waals surface area (Å²) in [5, 5.41) is 0. The van der Waals surface area contributed by atoms with Crippen LogP contribution in [-0.2, 0) is 0 Å². The lowest BCUT2D eigenvalue weighted by atomic mass is 10.0. The average molecular weight is 248 g/mol. The van der Waals surface area contributed by atoms with Gasteiger partial charge >= 0.3 is 0 Å². The van der Waals surface area contributed by atoms with E-state index in [-0.39, 0.29) is 0 Å². The first-order valence-electron chi connectivity index (χ1n) is 7.36. The largest absolute Gasteiger partial charge is 0.0856 e. The van der Waals surface area contributed by atoms with Crippen molar-refractivity contribution in [3.05, 3.63) is 34.9 Å². The Labute approximate surface area is 115 Å². The van der Waals surface area contributed by atoms with Crippen LogP contribution in [0.3, 0.4) is 0 Å². The molecule has 0 spiro atoms. The van der Waals surface area contributed by atoms with E-state index in [0.29, 0.717) is 0 Å². The predicted octanol–water partition coefficient (Wildman–Crippen LogP) is 6.45. The highest BCUT2D eigenvalue weighted by molar-refractivity contribution is 5.05. The molecule has 104 valence electrons. The van der Waals surface area contributed by atoms with Gasteiger partial charge in [0.25, 0.3) is 0 Å². The third-order valence-electron chi connectivity index (χ3n) is 3.06. The number of hydrogen-bond donors (Lipinski definition) is 0. The minimum Gasteiger partial charge on any atom is -0.0856 e. The molecule has 0 aliphatic heterocycles. The standard InChI is InChI=1S/C18H32/c1-15(2)9-7-10-17(5)11-8-12-18(6)14-13-16(3)4/h9,11,14,16H,7-8,10,12-13H2,1-6H3/b17-11+,18-14+. The monoisotopic (exact) mass is 248 g/mol. The van der Waals surface area contributed by atoms with Gasteiger partial charge in [-0.15, -0.1) is 0 Å². The first-order valence-corrected chi connectivity index (χ1v) is 7.36. The van der Waals surface area contributed by atoms with E-state index in [1.807, 2.05) is 0 Å². The molecule has 0 rings (SSSR count). The van der Waals surface area contributed by atoms with E-state index in [0.717, 1.165) is 5.92 Å². The molecule has 0 radical (unpaired) electrons. The summed E-state index contributed by atoms with van der Waals surface area (Å²) < 4.78 is 0. The fourth-order valence-corrected chi connectivity index (χ4v) is 1.78. The van der Waals surface area contributed by atoms with E-state index in [2.05, 4.69) is 59.8 Å². The Bertz CT molecular complexity index is 296. The SMILES string of the molecule is CC(C)=CCC/C(C)=C/CC/C(C)=C/CC(C)C. The van der Waals surface area contributed by atoms with Crippen LogP contribution in [0.2, 0.25) is 0 Å². The Kier molecular flexibility index (Phi) is 9.73. The molecular weight excluding hydrogens is 216 g/mol. The van der Waals surface area contributed by atoms with Gasteiger partial charge in [0.05, 0.1) is 0 Å². The molecule has 0 nitrogen and oxygen atoms in total. The third kappa shape index (κ3) is 11.7. The lowest BCUT2D eigenvalue weighted by Crippen LogP contribution is -1.85. The zero-order chi connectivity index (χ0) is 14.0. The van der Waals surface area contributed by atoms with E-state index in [4.69, 9.17) is 0 Å². The van der Waals surface area contributed by atoms with Gasteiger partial charge in [0.2, 0.25) is 0 Å².